The average molecular weight is 274 g/mol. The van der Waals surface area contributed by atoms with E-state index in [2.05, 4.69) is 23.8 Å². The molecule has 1 rings (SSSR count). The first-order valence-corrected chi connectivity index (χ1v) is 7.76. The molecule has 3 heteroatoms. The summed E-state index contributed by atoms with van der Waals surface area (Å²) in [5.41, 5.74) is 2.43. The summed E-state index contributed by atoms with van der Waals surface area (Å²) in [6, 6.07) is 5.65. The number of aliphatic imine (C=N–C) groups is 1. The summed E-state index contributed by atoms with van der Waals surface area (Å²) in [5.74, 6) is 0.121. The van der Waals surface area contributed by atoms with E-state index in [0.717, 1.165) is 37.2 Å². The molecule has 0 saturated carbocycles. The number of Topliss-reactive ketones (excluding diaryl/α,β-unsaturated/α-hetero) is 1. The van der Waals surface area contributed by atoms with E-state index in [9.17, 15) is 4.79 Å². The van der Waals surface area contributed by atoms with E-state index >= 15 is 0 Å². The maximum atomic E-state index is 11.9. The summed E-state index contributed by atoms with van der Waals surface area (Å²) in [6.45, 7) is 7.13. The van der Waals surface area contributed by atoms with Gasteiger partial charge < -0.3 is 0 Å². The molecule has 0 bridgehead atoms. The first-order chi connectivity index (χ1) is 9.72. The smallest absolute Gasteiger partial charge is 0.181 e. The molecule has 1 aromatic heterocycles. The van der Waals surface area contributed by atoms with Crippen molar-refractivity contribution in [1.29, 1.82) is 0 Å². The van der Waals surface area contributed by atoms with Crippen molar-refractivity contribution in [2.75, 3.05) is 6.54 Å². The van der Waals surface area contributed by atoms with Crippen LogP contribution in [0.25, 0.3) is 0 Å². The number of nitrogens with zero attached hydrogens (tertiary/aromatic N) is 2. The summed E-state index contributed by atoms with van der Waals surface area (Å²) in [4.78, 5) is 21.0. The molecule has 1 aromatic rings. The fraction of sp³-hybridized carbons (Fsp3) is 0.588. The molecule has 1 heterocycles. The topological polar surface area (TPSA) is 42.3 Å². The maximum Gasteiger partial charge on any atom is 0.181 e. The van der Waals surface area contributed by atoms with E-state index in [4.69, 9.17) is 0 Å². The van der Waals surface area contributed by atoms with Gasteiger partial charge in [-0.25, -0.2) is 4.98 Å². The number of ketones is 1. The molecule has 3 nitrogen and oxygen atoms in total. The molecule has 0 aliphatic heterocycles. The highest BCUT2D eigenvalue weighted by molar-refractivity contribution is 6.00. The standard InChI is InChI=1S/C17H26N2O/c1-4-7-8-13-18-14(6-3)15-11-9-12-16(19-15)17(20)10-5-2/h9,11-12H,4-8,10,13H2,1-3H3. The van der Waals surface area contributed by atoms with Crippen LogP contribution in [0.5, 0.6) is 0 Å². The van der Waals surface area contributed by atoms with Crippen LogP contribution in [-0.4, -0.2) is 23.0 Å². The Labute approximate surface area is 122 Å². The van der Waals surface area contributed by atoms with Gasteiger partial charge in [0.2, 0.25) is 0 Å². The normalized spacial score (nSPS) is 11.7. The number of unbranched alkanes of at least 4 members (excludes halogenated alkanes) is 2. The van der Waals surface area contributed by atoms with E-state index < -0.39 is 0 Å². The Bertz CT molecular complexity index is 452. The van der Waals surface area contributed by atoms with Crippen LogP contribution in [0.1, 0.15) is 75.5 Å². The van der Waals surface area contributed by atoms with Crippen LogP contribution in [0.4, 0.5) is 0 Å². The number of aromatic nitrogens is 1. The van der Waals surface area contributed by atoms with Gasteiger partial charge in [-0.1, -0.05) is 39.7 Å². The molecule has 0 N–H and O–H groups in total. The Hall–Kier alpha value is -1.51. The molecular formula is C17H26N2O. The summed E-state index contributed by atoms with van der Waals surface area (Å²) in [7, 11) is 0. The lowest BCUT2D eigenvalue weighted by atomic mass is 10.1. The molecular weight excluding hydrogens is 248 g/mol. The Morgan fingerprint density at radius 3 is 2.50 bits per heavy atom. The highest BCUT2D eigenvalue weighted by Crippen LogP contribution is 2.08. The SMILES string of the molecule is CCCCCN=C(CC)c1cccc(C(=O)CCC)n1. The number of hydrogen-bond acceptors (Lipinski definition) is 3. The van der Waals surface area contributed by atoms with Gasteiger partial charge in [-0.3, -0.25) is 9.79 Å². The van der Waals surface area contributed by atoms with Gasteiger partial charge in [0.05, 0.1) is 11.4 Å². The zero-order valence-corrected chi connectivity index (χ0v) is 13.0. The average Bonchev–Trinajstić information content (AvgIpc) is 2.48. The van der Waals surface area contributed by atoms with Crippen molar-refractivity contribution in [3.05, 3.63) is 29.6 Å². The second kappa shape index (κ2) is 9.40. The third kappa shape index (κ3) is 5.24. The molecule has 0 aliphatic rings. The maximum absolute atomic E-state index is 11.9. The number of hydrogen-bond donors (Lipinski definition) is 0. The monoisotopic (exact) mass is 274 g/mol. The summed E-state index contributed by atoms with van der Waals surface area (Å²) < 4.78 is 0. The highest BCUT2D eigenvalue weighted by Gasteiger charge is 2.09. The number of rotatable bonds is 9. The fourth-order valence-corrected chi connectivity index (χ4v) is 2.06. The van der Waals surface area contributed by atoms with Gasteiger partial charge in [0.15, 0.2) is 5.78 Å². The minimum absolute atomic E-state index is 0.121. The Kier molecular flexibility index (Phi) is 7.78. The molecule has 0 atom stereocenters. The van der Waals surface area contributed by atoms with Crippen LogP contribution >= 0.6 is 0 Å². The van der Waals surface area contributed by atoms with Gasteiger partial charge in [-0.2, -0.15) is 0 Å². The fourth-order valence-electron chi connectivity index (χ4n) is 2.06. The van der Waals surface area contributed by atoms with E-state index in [1.807, 2.05) is 19.1 Å². The first kappa shape index (κ1) is 16.5. The first-order valence-electron chi connectivity index (χ1n) is 7.76. The predicted octanol–water partition coefficient (Wildman–Crippen LogP) is 4.45. The Morgan fingerprint density at radius 2 is 1.85 bits per heavy atom. The van der Waals surface area contributed by atoms with Gasteiger partial charge in [0.1, 0.15) is 5.69 Å². The van der Waals surface area contributed by atoms with E-state index in [1.165, 1.54) is 12.8 Å². The van der Waals surface area contributed by atoms with Gasteiger partial charge in [-0.05, 0) is 31.4 Å². The van der Waals surface area contributed by atoms with E-state index in [-0.39, 0.29) is 5.78 Å². The van der Waals surface area contributed by atoms with Gasteiger partial charge in [-0.15, -0.1) is 0 Å². The minimum atomic E-state index is 0.121. The van der Waals surface area contributed by atoms with Crippen molar-refractivity contribution in [1.82, 2.24) is 4.98 Å². The zero-order valence-electron chi connectivity index (χ0n) is 13.0. The van der Waals surface area contributed by atoms with Crippen LogP contribution in [-0.2, 0) is 0 Å². The number of pyridine rings is 1. The number of carbonyl (C=O) groups excluding carboxylic acids is 1. The molecule has 110 valence electrons. The predicted molar refractivity (Wildman–Crippen MR) is 84.7 cm³/mol. The van der Waals surface area contributed by atoms with Crippen LogP contribution in [0.2, 0.25) is 0 Å². The molecule has 0 unspecified atom stereocenters. The molecule has 0 fully saturated rings. The van der Waals surface area contributed by atoms with Crippen molar-refractivity contribution >= 4 is 11.5 Å². The highest BCUT2D eigenvalue weighted by atomic mass is 16.1. The molecule has 0 radical (unpaired) electrons. The van der Waals surface area contributed by atoms with Crippen LogP contribution in [0, 0.1) is 0 Å². The molecule has 0 aliphatic carbocycles. The molecule has 0 amide bonds. The Morgan fingerprint density at radius 1 is 1.10 bits per heavy atom. The second-order valence-electron chi connectivity index (χ2n) is 4.97. The van der Waals surface area contributed by atoms with Crippen molar-refractivity contribution < 1.29 is 4.79 Å². The van der Waals surface area contributed by atoms with E-state index in [1.54, 1.807) is 6.07 Å². The Balaban J connectivity index is 2.82. The molecule has 0 aromatic carbocycles. The lowest BCUT2D eigenvalue weighted by molar-refractivity contribution is 0.0977. The largest absolute Gasteiger partial charge is 0.292 e. The lowest BCUT2D eigenvalue weighted by Crippen LogP contribution is -2.08. The summed E-state index contributed by atoms with van der Waals surface area (Å²) in [6.07, 6.45) is 5.81. The van der Waals surface area contributed by atoms with Gasteiger partial charge >= 0.3 is 0 Å². The van der Waals surface area contributed by atoms with Crippen LogP contribution in [0.3, 0.4) is 0 Å². The quantitative estimate of drug-likeness (QED) is 0.379. The van der Waals surface area contributed by atoms with Crippen LogP contribution in [0.15, 0.2) is 23.2 Å². The van der Waals surface area contributed by atoms with Crippen LogP contribution < -0.4 is 0 Å². The second-order valence-corrected chi connectivity index (χ2v) is 4.97. The third-order valence-electron chi connectivity index (χ3n) is 3.21. The molecule has 0 spiro atoms. The van der Waals surface area contributed by atoms with Crippen molar-refractivity contribution in [2.24, 2.45) is 4.99 Å². The van der Waals surface area contributed by atoms with Gasteiger partial charge in [0, 0.05) is 13.0 Å². The van der Waals surface area contributed by atoms with Crippen molar-refractivity contribution in [2.45, 2.75) is 59.3 Å². The van der Waals surface area contributed by atoms with Gasteiger partial charge in [0.25, 0.3) is 0 Å². The molecule has 0 saturated heterocycles. The molecule has 20 heavy (non-hydrogen) atoms. The third-order valence-corrected chi connectivity index (χ3v) is 3.21. The minimum Gasteiger partial charge on any atom is -0.292 e. The summed E-state index contributed by atoms with van der Waals surface area (Å²) in [5, 5.41) is 0. The summed E-state index contributed by atoms with van der Waals surface area (Å²) >= 11 is 0. The van der Waals surface area contributed by atoms with E-state index in [0.29, 0.717) is 12.1 Å². The van der Waals surface area contributed by atoms with Crippen molar-refractivity contribution in [3.63, 3.8) is 0 Å². The lowest BCUT2D eigenvalue weighted by Gasteiger charge is -2.06. The zero-order chi connectivity index (χ0) is 14.8. The number of carbonyl (C=O) groups is 1. The van der Waals surface area contributed by atoms with Crippen molar-refractivity contribution in [3.8, 4) is 0 Å².